The average molecular weight is 422 g/mol. The van der Waals surface area contributed by atoms with Crippen molar-refractivity contribution in [1.29, 1.82) is 0 Å². The van der Waals surface area contributed by atoms with E-state index in [-0.39, 0.29) is 24.7 Å². The third-order valence-electron chi connectivity index (χ3n) is 4.82. The van der Waals surface area contributed by atoms with Crippen molar-refractivity contribution in [3.63, 3.8) is 0 Å². The second kappa shape index (κ2) is 22.4. The molecule has 1 amide bonds. The van der Waals surface area contributed by atoms with Crippen LogP contribution in [-0.2, 0) is 32.1 Å². The molecule has 0 heterocycles. The fraction of sp³-hybridized carbons (Fsp3) is 0.952. The van der Waals surface area contributed by atoms with Crippen molar-refractivity contribution in [2.24, 2.45) is 0 Å². The number of hydrogen-bond donors (Lipinski definition) is 0. The monoisotopic (exact) mass is 420 g/mol. The van der Waals surface area contributed by atoms with Crippen LogP contribution in [0.4, 0.5) is 4.79 Å². The van der Waals surface area contributed by atoms with Crippen LogP contribution in [0, 0.1) is 0 Å². The molecular weight excluding hydrogens is 380 g/mol. The number of carbonyl (C=O) groups excluding carboxylic acids is 1. The molecule has 4 heteroatoms. The summed E-state index contributed by atoms with van der Waals surface area (Å²) in [5.74, 6) is 0. The van der Waals surface area contributed by atoms with Gasteiger partial charge in [0.25, 0.3) is 0 Å². The minimum atomic E-state index is -0.152. The number of rotatable bonds is 18. The molecule has 0 radical (unpaired) electrons. The summed E-state index contributed by atoms with van der Waals surface area (Å²) < 4.78 is 0. The van der Waals surface area contributed by atoms with E-state index in [1.54, 1.807) is 0 Å². The van der Waals surface area contributed by atoms with E-state index in [1.165, 1.54) is 89.9 Å². The molecule has 0 N–H and O–H groups in total. The third-order valence-corrected chi connectivity index (χ3v) is 5.08. The average Bonchev–Trinajstić information content (AvgIpc) is 2.57. The first-order chi connectivity index (χ1) is 11.7. The van der Waals surface area contributed by atoms with Gasteiger partial charge in [0.2, 0.25) is 0 Å². The van der Waals surface area contributed by atoms with Gasteiger partial charge in [-0.25, -0.2) is 0 Å². The molecule has 0 aromatic carbocycles. The molecule has 0 aliphatic carbocycles. The maximum Gasteiger partial charge on any atom is 0.101 e. The van der Waals surface area contributed by atoms with Crippen molar-refractivity contribution in [3.05, 3.63) is 0 Å². The van der Waals surface area contributed by atoms with E-state index < -0.39 is 0 Å². The number of unbranched alkanes of at least 4 members (excludes halogenated alkanes) is 14. The number of hydrogen-bond acceptors (Lipinski definition) is 2. The van der Waals surface area contributed by atoms with Crippen LogP contribution in [0.2, 0.25) is 0 Å². The van der Waals surface area contributed by atoms with Gasteiger partial charge in [-0.1, -0.05) is 104 Å². The van der Waals surface area contributed by atoms with Crippen molar-refractivity contribution in [2.45, 2.75) is 117 Å². The maximum atomic E-state index is 11.6. The summed E-state index contributed by atoms with van der Waals surface area (Å²) in [6.07, 6.45) is 20.9. The van der Waals surface area contributed by atoms with E-state index in [0.29, 0.717) is 0 Å². The number of nitrogens with zero attached hydrogens (tertiary/aromatic N) is 1. The fourth-order valence-electron chi connectivity index (χ4n) is 3.17. The molecule has 0 unspecified atom stereocenters. The third kappa shape index (κ3) is 20.5. The number of carbonyl (C=O) groups is 1. The minimum absolute atomic E-state index is 0. The Balaban J connectivity index is 0. The van der Waals surface area contributed by atoms with Crippen molar-refractivity contribution < 1.29 is 24.3 Å². The zero-order valence-electron chi connectivity index (χ0n) is 17.2. The van der Waals surface area contributed by atoms with Crippen LogP contribution in [0.25, 0.3) is 0 Å². The predicted octanol–water partition coefficient (Wildman–Crippen LogP) is 7.23. The molecule has 25 heavy (non-hydrogen) atoms. The van der Waals surface area contributed by atoms with E-state index in [0.717, 1.165) is 25.9 Å². The van der Waals surface area contributed by atoms with Crippen LogP contribution in [0.15, 0.2) is 0 Å². The molecule has 0 aliphatic rings. The van der Waals surface area contributed by atoms with E-state index in [2.05, 4.69) is 13.8 Å². The first-order valence-corrected chi connectivity index (χ1v) is 11.1. The van der Waals surface area contributed by atoms with Gasteiger partial charge in [0.15, 0.2) is 0 Å². The maximum absolute atomic E-state index is 11.6. The van der Waals surface area contributed by atoms with Gasteiger partial charge in [-0.2, -0.15) is 0 Å². The SMILES string of the molecule is CCCCCCCCCCN(CCCCCCCCCC)C(=O)[S-].[Zn]. The first kappa shape index (κ1) is 27.5. The van der Waals surface area contributed by atoms with E-state index in [1.807, 2.05) is 4.90 Å². The Morgan fingerprint density at radius 1 is 0.600 bits per heavy atom. The molecule has 0 fully saturated rings. The van der Waals surface area contributed by atoms with Gasteiger partial charge in [0, 0.05) is 32.6 Å². The van der Waals surface area contributed by atoms with Crippen molar-refractivity contribution in [3.8, 4) is 0 Å². The molecule has 0 spiro atoms. The number of amides is 1. The van der Waals surface area contributed by atoms with Crippen LogP contribution in [-0.4, -0.2) is 23.2 Å². The Morgan fingerprint density at radius 2 is 0.880 bits per heavy atom. The van der Waals surface area contributed by atoms with E-state index in [4.69, 9.17) is 12.6 Å². The van der Waals surface area contributed by atoms with Crippen molar-refractivity contribution >= 4 is 17.9 Å². The Morgan fingerprint density at radius 3 is 1.16 bits per heavy atom. The summed E-state index contributed by atoms with van der Waals surface area (Å²) in [7, 11) is 0. The summed E-state index contributed by atoms with van der Waals surface area (Å²) >= 11 is 4.88. The Labute approximate surface area is 176 Å². The Kier molecular flexibility index (Phi) is 24.6. The van der Waals surface area contributed by atoms with Gasteiger partial charge in [-0.15, -0.1) is 0 Å². The minimum Gasteiger partial charge on any atom is -0.719 e. The Bertz CT molecular complexity index is 257. The topological polar surface area (TPSA) is 20.3 Å². The van der Waals surface area contributed by atoms with Crippen molar-refractivity contribution in [1.82, 2.24) is 4.90 Å². The standard InChI is InChI=1S/C21H43NOS.Zn/c1-3-5-7-9-11-13-15-17-19-22(21(23)24)20-18-16-14-12-10-8-6-4-2;/h3-20H2,1-2H3,(H,23,24);/p-1. The zero-order chi connectivity index (χ0) is 17.9. The summed E-state index contributed by atoms with van der Waals surface area (Å²) in [4.78, 5) is 13.5. The van der Waals surface area contributed by atoms with Gasteiger partial charge >= 0.3 is 0 Å². The summed E-state index contributed by atoms with van der Waals surface area (Å²) in [6.45, 7) is 6.25. The summed E-state index contributed by atoms with van der Waals surface area (Å²) in [5, 5.41) is -0.152. The van der Waals surface area contributed by atoms with Gasteiger partial charge in [0.1, 0.15) is 5.24 Å². The second-order valence-electron chi connectivity index (χ2n) is 7.20. The van der Waals surface area contributed by atoms with Crippen LogP contribution < -0.4 is 0 Å². The quantitative estimate of drug-likeness (QED) is 0.132. The van der Waals surface area contributed by atoms with Crippen LogP contribution in [0.1, 0.15) is 117 Å². The molecular formula is C21H42NOSZn-. The van der Waals surface area contributed by atoms with E-state index >= 15 is 0 Å². The molecule has 0 rings (SSSR count). The first-order valence-electron chi connectivity index (χ1n) is 10.7. The molecule has 0 aromatic heterocycles. The fourth-order valence-corrected chi connectivity index (χ4v) is 3.35. The smallest absolute Gasteiger partial charge is 0.101 e. The second-order valence-corrected chi connectivity index (χ2v) is 7.55. The molecule has 0 saturated carbocycles. The molecule has 0 aliphatic heterocycles. The van der Waals surface area contributed by atoms with Crippen molar-refractivity contribution in [2.75, 3.05) is 13.1 Å². The van der Waals surface area contributed by atoms with Gasteiger partial charge in [0.05, 0.1) is 0 Å². The summed E-state index contributed by atoms with van der Waals surface area (Å²) in [5.41, 5.74) is 0. The molecule has 0 atom stereocenters. The summed E-state index contributed by atoms with van der Waals surface area (Å²) in [6, 6.07) is 0. The predicted molar refractivity (Wildman–Crippen MR) is 110 cm³/mol. The van der Waals surface area contributed by atoms with Gasteiger partial charge in [-0.05, 0) is 12.8 Å². The molecule has 0 saturated heterocycles. The molecule has 146 valence electrons. The Hall–Kier alpha value is 0.313. The normalized spacial score (nSPS) is 10.5. The van der Waals surface area contributed by atoms with E-state index in [9.17, 15) is 4.79 Å². The van der Waals surface area contributed by atoms with Crippen LogP contribution in [0.5, 0.6) is 0 Å². The van der Waals surface area contributed by atoms with Gasteiger partial charge in [-0.3, -0.25) is 0 Å². The van der Waals surface area contributed by atoms with Gasteiger partial charge < -0.3 is 22.3 Å². The van der Waals surface area contributed by atoms with Crippen LogP contribution >= 0.6 is 0 Å². The van der Waals surface area contributed by atoms with Crippen LogP contribution in [0.3, 0.4) is 0 Å². The molecule has 2 nitrogen and oxygen atoms in total. The largest absolute Gasteiger partial charge is 0.719 e. The zero-order valence-corrected chi connectivity index (χ0v) is 21.0. The molecule has 0 bridgehead atoms. The molecule has 0 aromatic rings.